The minimum absolute atomic E-state index is 0.0620. The molecule has 1 fully saturated rings. The van der Waals surface area contributed by atoms with Gasteiger partial charge in [-0.1, -0.05) is 42.5 Å². The summed E-state index contributed by atoms with van der Waals surface area (Å²) in [5.41, 5.74) is 4.90. The number of urea groups is 1. The molecule has 1 aromatic heterocycles. The Morgan fingerprint density at radius 1 is 1.14 bits per heavy atom. The first-order chi connectivity index (χ1) is 17.2. The highest BCUT2D eigenvalue weighted by Gasteiger charge is 2.33. The van der Waals surface area contributed by atoms with Gasteiger partial charge in [-0.15, -0.1) is 0 Å². The van der Waals surface area contributed by atoms with Crippen molar-refractivity contribution in [3.63, 3.8) is 0 Å². The molecule has 1 aliphatic carbocycles. The van der Waals surface area contributed by atoms with Gasteiger partial charge < -0.3 is 15.0 Å². The highest BCUT2D eigenvalue weighted by molar-refractivity contribution is 6.14. The van der Waals surface area contributed by atoms with Crippen molar-refractivity contribution in [1.29, 1.82) is 0 Å². The second kappa shape index (κ2) is 9.11. The van der Waals surface area contributed by atoms with Gasteiger partial charge in [0.2, 0.25) is 0 Å². The van der Waals surface area contributed by atoms with Gasteiger partial charge in [0, 0.05) is 42.5 Å². The number of hydrogen-bond acceptors (Lipinski definition) is 5. The average molecular weight is 469 g/mol. The van der Waals surface area contributed by atoms with Crippen LogP contribution in [0.5, 0.6) is 0 Å². The van der Waals surface area contributed by atoms with E-state index in [-0.39, 0.29) is 24.0 Å². The number of fused-ring (bicyclic) bond motifs is 3. The van der Waals surface area contributed by atoms with Gasteiger partial charge in [0.1, 0.15) is 0 Å². The van der Waals surface area contributed by atoms with Gasteiger partial charge in [0.25, 0.3) is 0 Å². The summed E-state index contributed by atoms with van der Waals surface area (Å²) in [7, 11) is 0. The van der Waals surface area contributed by atoms with Crippen molar-refractivity contribution in [3.05, 3.63) is 77.5 Å². The lowest BCUT2D eigenvalue weighted by atomic mass is 9.82. The van der Waals surface area contributed by atoms with E-state index in [1.165, 1.54) is 5.57 Å². The number of allylic oxidation sites excluding steroid dienone is 5. The molecule has 3 unspecified atom stereocenters. The lowest BCUT2D eigenvalue weighted by molar-refractivity contribution is 0.0564. The van der Waals surface area contributed by atoms with Crippen LogP contribution in [-0.2, 0) is 4.74 Å². The summed E-state index contributed by atoms with van der Waals surface area (Å²) in [4.78, 5) is 24.2. The zero-order valence-corrected chi connectivity index (χ0v) is 19.7. The van der Waals surface area contributed by atoms with Crippen LogP contribution < -0.4 is 5.32 Å². The van der Waals surface area contributed by atoms with E-state index in [0.717, 1.165) is 34.9 Å². The number of dihydropyridines is 1. The summed E-state index contributed by atoms with van der Waals surface area (Å²) < 4.78 is 7.27. The Hall–Kier alpha value is -3.78. The summed E-state index contributed by atoms with van der Waals surface area (Å²) >= 11 is 0. The summed E-state index contributed by atoms with van der Waals surface area (Å²) in [6, 6.07) is 9.86. The van der Waals surface area contributed by atoms with Crippen molar-refractivity contribution in [2.75, 3.05) is 31.6 Å². The minimum Gasteiger partial charge on any atom is -0.378 e. The topological polar surface area (TPSA) is 84.1 Å². The van der Waals surface area contributed by atoms with Crippen LogP contribution in [0, 0.1) is 18.8 Å². The molecular weight excluding hydrogens is 440 g/mol. The third-order valence-electron chi connectivity index (χ3n) is 6.81. The van der Waals surface area contributed by atoms with Crippen LogP contribution in [0.3, 0.4) is 0 Å². The maximum atomic E-state index is 12.6. The number of anilines is 1. The zero-order chi connectivity index (χ0) is 23.8. The number of aryl methyl sites for hydroxylation is 1. The first-order valence-corrected chi connectivity index (χ1v) is 12.1. The minimum atomic E-state index is -0.154. The Kier molecular flexibility index (Phi) is 5.66. The standard InChI is InChI=1S/C27H28N6O2/c1-18-15-24-28-17-21-16-23(19-5-3-2-4-6-19)25(30-26(21)33(24)31-18)20-7-9-22(10-8-20)29-27(34)32-11-13-35-14-12-32/h2-5,7-10,15-17,19,21,26H,6,11-14H2,1H3,(H,29,34). The molecule has 3 atom stereocenters. The summed E-state index contributed by atoms with van der Waals surface area (Å²) in [5.74, 6) is 1.16. The Morgan fingerprint density at radius 3 is 2.74 bits per heavy atom. The van der Waals surface area contributed by atoms with E-state index in [0.29, 0.717) is 26.3 Å². The highest BCUT2D eigenvalue weighted by Crippen LogP contribution is 2.38. The highest BCUT2D eigenvalue weighted by atomic mass is 16.5. The maximum Gasteiger partial charge on any atom is 0.321 e. The third kappa shape index (κ3) is 4.25. The van der Waals surface area contributed by atoms with Gasteiger partial charge in [-0.25, -0.2) is 14.5 Å². The molecule has 3 aliphatic heterocycles. The predicted molar refractivity (Wildman–Crippen MR) is 137 cm³/mol. The monoisotopic (exact) mass is 468 g/mol. The number of aromatic nitrogens is 2. The number of nitrogens with zero attached hydrogens (tertiary/aromatic N) is 5. The molecule has 8 heteroatoms. The number of carbonyl (C=O) groups is 1. The quantitative estimate of drug-likeness (QED) is 0.722. The molecule has 4 heterocycles. The number of aliphatic imine (C=N–C) groups is 2. The number of ether oxygens (including phenoxy) is 1. The summed E-state index contributed by atoms with van der Waals surface area (Å²) in [6.45, 7) is 4.36. The predicted octanol–water partition coefficient (Wildman–Crippen LogP) is 4.45. The second-order valence-corrected chi connectivity index (χ2v) is 9.22. The number of morpholine rings is 1. The fourth-order valence-electron chi connectivity index (χ4n) is 4.99. The number of hydrogen-bond donors (Lipinski definition) is 1. The lowest BCUT2D eigenvalue weighted by Gasteiger charge is -2.32. The fourth-order valence-corrected chi connectivity index (χ4v) is 4.99. The van der Waals surface area contributed by atoms with Crippen molar-refractivity contribution in [1.82, 2.24) is 14.7 Å². The van der Waals surface area contributed by atoms with Crippen LogP contribution in [0.15, 0.2) is 76.3 Å². The average Bonchev–Trinajstić information content (AvgIpc) is 3.30. The smallest absolute Gasteiger partial charge is 0.321 e. The Balaban J connectivity index is 1.30. The number of carbonyl (C=O) groups excluding carboxylic acids is 1. The lowest BCUT2D eigenvalue weighted by Crippen LogP contribution is -2.43. The number of benzene rings is 1. The third-order valence-corrected chi connectivity index (χ3v) is 6.81. The van der Waals surface area contributed by atoms with Gasteiger partial charge in [0.15, 0.2) is 12.0 Å². The van der Waals surface area contributed by atoms with E-state index >= 15 is 0 Å². The maximum absolute atomic E-state index is 12.6. The summed E-state index contributed by atoms with van der Waals surface area (Å²) in [5, 5.41) is 7.68. The van der Waals surface area contributed by atoms with Gasteiger partial charge in [0.05, 0.1) is 30.5 Å². The van der Waals surface area contributed by atoms with Crippen molar-refractivity contribution in [3.8, 4) is 0 Å². The molecule has 0 radical (unpaired) electrons. The van der Waals surface area contributed by atoms with E-state index < -0.39 is 0 Å². The van der Waals surface area contributed by atoms with Gasteiger partial charge in [-0.05, 0) is 31.1 Å². The van der Waals surface area contributed by atoms with Crippen molar-refractivity contribution in [2.24, 2.45) is 21.8 Å². The molecule has 0 bridgehead atoms. The van der Waals surface area contributed by atoms with Crippen molar-refractivity contribution in [2.45, 2.75) is 19.5 Å². The fraction of sp³-hybridized carbons (Fsp3) is 0.333. The normalized spacial score (nSPS) is 24.9. The Labute approximate surface area is 204 Å². The molecule has 178 valence electrons. The SMILES string of the molecule is Cc1cc2n(n1)C1N=C(c3ccc(NC(=O)N4CCOCC4)cc3)C(C3C=CC=CC3)=CC1C=N2. The van der Waals surface area contributed by atoms with Crippen LogP contribution in [0.4, 0.5) is 16.3 Å². The van der Waals surface area contributed by atoms with Crippen molar-refractivity contribution >= 4 is 29.5 Å². The molecule has 35 heavy (non-hydrogen) atoms. The largest absolute Gasteiger partial charge is 0.378 e. The molecule has 0 saturated carbocycles. The van der Waals surface area contributed by atoms with E-state index in [1.807, 2.05) is 48.2 Å². The van der Waals surface area contributed by atoms with Gasteiger partial charge in [-0.2, -0.15) is 5.10 Å². The molecule has 2 aromatic rings. The zero-order valence-electron chi connectivity index (χ0n) is 19.7. The van der Waals surface area contributed by atoms with Crippen LogP contribution in [0.1, 0.15) is 23.8 Å². The molecule has 2 amide bonds. The van der Waals surface area contributed by atoms with Crippen LogP contribution in [0.25, 0.3) is 0 Å². The second-order valence-electron chi connectivity index (χ2n) is 9.22. The molecule has 0 spiro atoms. The summed E-state index contributed by atoms with van der Waals surface area (Å²) in [6.07, 6.45) is 13.7. The molecule has 4 aliphatic rings. The molecule has 1 aromatic carbocycles. The molecule has 1 saturated heterocycles. The first-order valence-electron chi connectivity index (χ1n) is 12.1. The van der Waals surface area contributed by atoms with Crippen LogP contribution in [0.2, 0.25) is 0 Å². The van der Waals surface area contributed by atoms with Crippen LogP contribution >= 0.6 is 0 Å². The van der Waals surface area contributed by atoms with Crippen LogP contribution in [-0.4, -0.2) is 58.9 Å². The van der Waals surface area contributed by atoms with E-state index in [1.54, 1.807) is 4.90 Å². The molecule has 8 nitrogen and oxygen atoms in total. The molecular formula is C27H28N6O2. The van der Waals surface area contributed by atoms with Gasteiger partial charge in [-0.3, -0.25) is 4.99 Å². The first kappa shape index (κ1) is 21.7. The molecule has 1 N–H and O–H groups in total. The number of amides is 2. The van der Waals surface area contributed by atoms with Crippen molar-refractivity contribution < 1.29 is 9.53 Å². The van der Waals surface area contributed by atoms with E-state index in [9.17, 15) is 4.79 Å². The Bertz CT molecular complexity index is 1280. The van der Waals surface area contributed by atoms with Gasteiger partial charge >= 0.3 is 6.03 Å². The molecule has 6 rings (SSSR count). The Morgan fingerprint density at radius 2 is 1.97 bits per heavy atom. The number of rotatable bonds is 3. The van der Waals surface area contributed by atoms with E-state index in [4.69, 9.17) is 9.73 Å². The van der Waals surface area contributed by atoms with E-state index in [2.05, 4.69) is 45.8 Å². The number of nitrogens with one attached hydrogen (secondary N) is 1.